The summed E-state index contributed by atoms with van der Waals surface area (Å²) in [5.74, 6) is 0. The number of benzene rings is 24. The first-order valence-corrected chi connectivity index (χ1v) is 44.2. The molecule has 0 saturated carbocycles. The summed E-state index contributed by atoms with van der Waals surface area (Å²) in [6.07, 6.45) is 0. The van der Waals surface area contributed by atoms with Crippen molar-refractivity contribution in [1.82, 2.24) is 0 Å². The molecule has 0 atom stereocenters. The highest BCUT2D eigenvalue weighted by Crippen LogP contribution is 2.48. The van der Waals surface area contributed by atoms with Gasteiger partial charge in [-0.2, -0.15) is 0 Å². The number of anilines is 15. The van der Waals surface area contributed by atoms with Crippen LogP contribution in [0.25, 0.3) is 130 Å². The van der Waals surface area contributed by atoms with E-state index in [1.165, 1.54) is 130 Å². The molecule has 0 aliphatic carbocycles. The van der Waals surface area contributed by atoms with E-state index >= 15 is 0 Å². The molecule has 5 heteroatoms. The summed E-state index contributed by atoms with van der Waals surface area (Å²) >= 11 is 0. The number of rotatable bonds is 17. The lowest BCUT2D eigenvalue weighted by molar-refractivity contribution is 1.29. The van der Waals surface area contributed by atoms with Crippen LogP contribution in [0.3, 0.4) is 0 Å². The summed E-state index contributed by atoms with van der Waals surface area (Å²) in [5, 5.41) is 24.5. The molecule has 24 aromatic carbocycles. The van der Waals surface area contributed by atoms with Crippen LogP contribution in [0, 0.1) is 0 Å². The fraction of sp³-hybridized carbons (Fsp3) is 0. The fourth-order valence-corrected chi connectivity index (χ4v) is 19.3. The SMILES string of the molecule is c1ccc(N(c2ccc(-c3ccc4c(ccc5cc(-c6ccc(N(c7ccccc7)c7cccc8ccccc78)cc6)ccc54)c3)cc2)c2cccc3ccccc23)cc1.c1ccc(N(c2ccc3c(ccc4cc(N(c5ccccc5)c5cccc6ccccc56)ccc43)c2)c2ccc3c(ccc4cc(N(c5ccccc5)c5cccc6ccccc56)ccc43)c2)cc1. The van der Waals surface area contributed by atoms with Gasteiger partial charge in [-0.1, -0.05) is 346 Å². The molecule has 606 valence electrons. The average molecular weight is 1650 g/mol. The lowest BCUT2D eigenvalue weighted by Crippen LogP contribution is -2.10. The molecule has 0 bridgehead atoms. The second-order valence-corrected chi connectivity index (χ2v) is 33.1. The van der Waals surface area contributed by atoms with E-state index in [-0.39, 0.29) is 0 Å². The van der Waals surface area contributed by atoms with Crippen molar-refractivity contribution in [2.45, 2.75) is 0 Å². The molecule has 0 aliphatic rings. The monoisotopic (exact) mass is 1640 g/mol. The van der Waals surface area contributed by atoms with E-state index in [2.05, 4.69) is 540 Å². The topological polar surface area (TPSA) is 16.2 Å². The number of hydrogen-bond donors (Lipinski definition) is 0. The third kappa shape index (κ3) is 14.6. The van der Waals surface area contributed by atoms with Crippen LogP contribution in [0.2, 0.25) is 0 Å². The molecule has 0 amide bonds. The zero-order valence-electron chi connectivity index (χ0n) is 70.8. The summed E-state index contributed by atoms with van der Waals surface area (Å²) in [6, 6.07) is 187. The zero-order chi connectivity index (χ0) is 85.5. The van der Waals surface area contributed by atoms with Crippen LogP contribution < -0.4 is 24.5 Å². The minimum atomic E-state index is 1.11. The summed E-state index contributed by atoms with van der Waals surface area (Å²) in [5.41, 5.74) is 21.7. The van der Waals surface area contributed by atoms with Crippen molar-refractivity contribution in [3.63, 3.8) is 0 Å². The van der Waals surface area contributed by atoms with E-state index in [1.54, 1.807) is 0 Å². The molecule has 0 spiro atoms. The van der Waals surface area contributed by atoms with Crippen LogP contribution in [0.15, 0.2) is 516 Å². The minimum absolute atomic E-state index is 1.11. The van der Waals surface area contributed by atoms with Gasteiger partial charge in [0.25, 0.3) is 0 Å². The molecular weight excluding hydrogens is 1560 g/mol. The van der Waals surface area contributed by atoms with Crippen molar-refractivity contribution in [1.29, 1.82) is 0 Å². The van der Waals surface area contributed by atoms with Gasteiger partial charge in [-0.05, 0) is 278 Å². The van der Waals surface area contributed by atoms with Gasteiger partial charge in [0.15, 0.2) is 0 Å². The van der Waals surface area contributed by atoms with Crippen molar-refractivity contribution in [3.05, 3.63) is 516 Å². The van der Waals surface area contributed by atoms with E-state index in [1.807, 2.05) is 0 Å². The third-order valence-corrected chi connectivity index (χ3v) is 25.5. The smallest absolute Gasteiger partial charge is 0.0540 e. The zero-order valence-corrected chi connectivity index (χ0v) is 70.8. The minimum Gasteiger partial charge on any atom is -0.310 e. The van der Waals surface area contributed by atoms with E-state index in [9.17, 15) is 0 Å². The molecule has 0 aromatic heterocycles. The molecule has 0 unspecified atom stereocenters. The maximum Gasteiger partial charge on any atom is 0.0540 e. The number of fused-ring (bicyclic) bond motifs is 13. The highest BCUT2D eigenvalue weighted by atomic mass is 15.2. The van der Waals surface area contributed by atoms with Gasteiger partial charge in [0.05, 0.1) is 22.7 Å². The van der Waals surface area contributed by atoms with Gasteiger partial charge in [0.2, 0.25) is 0 Å². The predicted molar refractivity (Wildman–Crippen MR) is 552 cm³/mol. The first kappa shape index (κ1) is 76.7. The molecule has 0 aliphatic heterocycles. The molecule has 129 heavy (non-hydrogen) atoms. The van der Waals surface area contributed by atoms with Crippen molar-refractivity contribution in [2.75, 3.05) is 24.5 Å². The quantitative estimate of drug-likeness (QED) is 0.0842. The Bertz CT molecular complexity index is 7820. The summed E-state index contributed by atoms with van der Waals surface area (Å²) in [4.78, 5) is 11.8. The Morgan fingerprint density at radius 2 is 0.279 bits per heavy atom. The predicted octanol–water partition coefficient (Wildman–Crippen LogP) is 35.6. The molecule has 0 N–H and O–H groups in total. The molecule has 0 heterocycles. The Hall–Kier alpha value is -17.1. The second kappa shape index (κ2) is 33.5. The lowest BCUT2D eigenvalue weighted by Gasteiger charge is -2.28. The molecule has 24 aromatic rings. The normalized spacial score (nSPS) is 11.4. The number of nitrogens with zero attached hydrogens (tertiary/aromatic N) is 5. The first-order chi connectivity index (χ1) is 64.0. The fourth-order valence-electron chi connectivity index (χ4n) is 19.3. The van der Waals surface area contributed by atoms with Crippen LogP contribution in [0.4, 0.5) is 85.3 Å². The first-order valence-electron chi connectivity index (χ1n) is 44.2. The van der Waals surface area contributed by atoms with E-state index in [4.69, 9.17) is 0 Å². The van der Waals surface area contributed by atoms with Gasteiger partial charge in [-0.3, -0.25) is 0 Å². The maximum atomic E-state index is 2.38. The van der Waals surface area contributed by atoms with Crippen molar-refractivity contribution in [3.8, 4) is 22.3 Å². The van der Waals surface area contributed by atoms with E-state index in [0.29, 0.717) is 0 Å². The molecule has 0 saturated heterocycles. The van der Waals surface area contributed by atoms with Crippen molar-refractivity contribution < 1.29 is 0 Å². The summed E-state index contributed by atoms with van der Waals surface area (Å²) < 4.78 is 0. The largest absolute Gasteiger partial charge is 0.310 e. The highest BCUT2D eigenvalue weighted by Gasteiger charge is 2.24. The van der Waals surface area contributed by atoms with Gasteiger partial charge in [0.1, 0.15) is 0 Å². The van der Waals surface area contributed by atoms with Crippen LogP contribution in [-0.2, 0) is 0 Å². The standard InChI is InChI=1S/C66H45N3.C58H40N2/c1-4-20-52(21-5-1)67(55-34-38-59-48(42-55)30-32-50-44-57(36-40-61(50)59)68(53-22-6-2-7-23-53)65-28-14-18-46-16-10-12-26-63(46)65)56-35-39-60-49(43-56)31-33-51-45-58(37-41-62(51)60)69(54-24-8-3-9-25-54)66-29-15-19-47-17-11-13-27-64(47)66;1-3-17-49(18-4-1)59(57-23-11-15-43-13-7-9-21-55(43)57)51-33-27-41(28-34-51)45-31-37-53-47(39-45)25-26-48-40-46(32-38-54(48)53)42-29-35-52(36-30-42)60(50-19-5-2-6-20-50)58-24-12-16-44-14-8-10-22-56(44)58/h1-45H;1-40H. The van der Waals surface area contributed by atoms with Crippen LogP contribution in [0.1, 0.15) is 0 Å². The Morgan fingerprint density at radius 1 is 0.0930 bits per heavy atom. The van der Waals surface area contributed by atoms with E-state index in [0.717, 1.165) is 85.3 Å². The Labute approximate surface area is 750 Å². The van der Waals surface area contributed by atoms with Gasteiger partial charge in [-0.15, -0.1) is 0 Å². The molecular formula is C124H85N5. The summed E-state index contributed by atoms with van der Waals surface area (Å²) in [7, 11) is 0. The average Bonchev–Trinajstić information content (AvgIpc) is 0.743. The van der Waals surface area contributed by atoms with Gasteiger partial charge >= 0.3 is 0 Å². The van der Waals surface area contributed by atoms with Gasteiger partial charge in [0, 0.05) is 84.1 Å². The third-order valence-electron chi connectivity index (χ3n) is 25.5. The molecule has 0 radical (unpaired) electrons. The highest BCUT2D eigenvalue weighted by molar-refractivity contribution is 6.14. The molecule has 5 nitrogen and oxygen atoms in total. The van der Waals surface area contributed by atoms with Gasteiger partial charge in [-0.25, -0.2) is 0 Å². The number of para-hydroxylation sites is 5. The summed E-state index contributed by atoms with van der Waals surface area (Å²) in [6.45, 7) is 0. The molecule has 24 rings (SSSR count). The van der Waals surface area contributed by atoms with E-state index < -0.39 is 0 Å². The number of hydrogen-bond acceptors (Lipinski definition) is 5. The van der Waals surface area contributed by atoms with Crippen LogP contribution in [0.5, 0.6) is 0 Å². The second-order valence-electron chi connectivity index (χ2n) is 33.1. The van der Waals surface area contributed by atoms with Crippen molar-refractivity contribution >= 4 is 193 Å². The lowest BCUT2D eigenvalue weighted by atomic mass is 9.95. The van der Waals surface area contributed by atoms with Crippen LogP contribution in [-0.4, -0.2) is 0 Å². The molecule has 0 fully saturated rings. The maximum absolute atomic E-state index is 2.38. The van der Waals surface area contributed by atoms with Crippen LogP contribution >= 0.6 is 0 Å². The van der Waals surface area contributed by atoms with Gasteiger partial charge < -0.3 is 24.5 Å². The Morgan fingerprint density at radius 3 is 0.550 bits per heavy atom. The Kier molecular flexibility index (Phi) is 19.9. The Balaban J connectivity index is 0.000000149. The van der Waals surface area contributed by atoms with Crippen molar-refractivity contribution in [2.24, 2.45) is 0 Å².